The van der Waals surface area contributed by atoms with Crippen molar-refractivity contribution in [3.05, 3.63) is 42.2 Å². The number of carboxylic acids is 1. The van der Waals surface area contributed by atoms with Crippen LogP contribution >= 0.6 is 0 Å². The molecule has 0 radical (unpaired) electrons. The molecular weight excluding hydrogens is 388 g/mol. The largest absolute Gasteiger partial charge is 0.481 e. The fraction of sp³-hybridized carbons (Fsp3) is 0.450. The molecule has 1 aromatic rings. The quantitative estimate of drug-likeness (QED) is 0.361. The molecule has 0 atom stereocenters. The van der Waals surface area contributed by atoms with Gasteiger partial charge in [-0.25, -0.2) is 5.84 Å². The average molecular weight is 421 g/mol. The summed E-state index contributed by atoms with van der Waals surface area (Å²) in [5.41, 5.74) is 6.44. The highest BCUT2D eigenvalue weighted by Crippen LogP contribution is 2.12. The Kier molecular flexibility index (Phi) is 10.9. The minimum atomic E-state index is -0.711. The number of piperazine rings is 1. The number of amides is 2. The number of hydrogen-bond acceptors (Lipinski definition) is 7. The summed E-state index contributed by atoms with van der Waals surface area (Å²) >= 11 is 0. The van der Waals surface area contributed by atoms with Crippen LogP contribution in [0, 0.1) is 0 Å². The number of hydrogen-bond donors (Lipinski definition) is 4. The third-order valence-electron chi connectivity index (χ3n) is 4.39. The van der Waals surface area contributed by atoms with Crippen LogP contribution in [0.3, 0.4) is 0 Å². The van der Waals surface area contributed by atoms with Crippen LogP contribution in [0.5, 0.6) is 0 Å². The van der Waals surface area contributed by atoms with Gasteiger partial charge in [0.1, 0.15) is 0 Å². The third-order valence-corrected chi connectivity index (χ3v) is 4.39. The second kappa shape index (κ2) is 13.2. The van der Waals surface area contributed by atoms with Gasteiger partial charge in [0.2, 0.25) is 5.91 Å². The van der Waals surface area contributed by atoms with Crippen LogP contribution in [0.25, 0.3) is 0 Å². The van der Waals surface area contributed by atoms with Gasteiger partial charge in [0.15, 0.2) is 0 Å². The number of hydrazine groups is 1. The van der Waals surface area contributed by atoms with E-state index < -0.39 is 5.97 Å². The summed E-state index contributed by atoms with van der Waals surface area (Å²) in [5.74, 6) is 4.67. The molecule has 166 valence electrons. The van der Waals surface area contributed by atoms with E-state index in [1.807, 2.05) is 14.0 Å². The van der Waals surface area contributed by atoms with Crippen molar-refractivity contribution in [1.29, 1.82) is 0 Å². The number of likely N-dealkylation sites (N-methyl/N-ethyl adjacent to an activating group) is 1. The molecule has 0 aliphatic carbocycles. The Morgan fingerprint density at radius 2 is 1.77 bits per heavy atom. The molecule has 30 heavy (non-hydrogen) atoms. The van der Waals surface area contributed by atoms with E-state index in [1.165, 1.54) is 17.4 Å². The molecule has 2 rings (SSSR count). The lowest BCUT2D eigenvalue weighted by Crippen LogP contribution is -2.50. The minimum absolute atomic E-state index is 0.00320. The summed E-state index contributed by atoms with van der Waals surface area (Å²) in [5, 5.41) is 11.9. The van der Waals surface area contributed by atoms with Gasteiger partial charge in [0.25, 0.3) is 5.91 Å². The highest BCUT2D eigenvalue weighted by Gasteiger charge is 2.19. The zero-order valence-electron chi connectivity index (χ0n) is 17.6. The van der Waals surface area contributed by atoms with Crippen molar-refractivity contribution in [2.75, 3.05) is 44.8 Å². The normalized spacial score (nSPS) is 14.0. The second-order valence-corrected chi connectivity index (χ2v) is 6.81. The number of anilines is 1. The van der Waals surface area contributed by atoms with E-state index in [9.17, 15) is 14.4 Å². The Balaban J connectivity index is 0.000000656. The van der Waals surface area contributed by atoms with Crippen molar-refractivity contribution in [3.63, 3.8) is 0 Å². The second-order valence-electron chi connectivity index (χ2n) is 6.81. The zero-order chi connectivity index (χ0) is 22.5. The van der Waals surface area contributed by atoms with E-state index in [2.05, 4.69) is 10.2 Å². The summed E-state index contributed by atoms with van der Waals surface area (Å²) in [4.78, 5) is 37.8. The maximum absolute atomic E-state index is 12.1. The summed E-state index contributed by atoms with van der Waals surface area (Å²) in [6.07, 6.45) is 3.85. The van der Waals surface area contributed by atoms with Gasteiger partial charge in [-0.1, -0.05) is 6.92 Å². The first kappa shape index (κ1) is 24.9. The van der Waals surface area contributed by atoms with Crippen LogP contribution in [0.2, 0.25) is 0 Å². The number of carbonyl (C=O) groups is 3. The van der Waals surface area contributed by atoms with E-state index in [-0.39, 0.29) is 18.4 Å². The fourth-order valence-corrected chi connectivity index (χ4v) is 2.60. The predicted octanol–water partition coefficient (Wildman–Crippen LogP) is 0.172. The van der Waals surface area contributed by atoms with Gasteiger partial charge in [-0.3, -0.25) is 19.4 Å². The molecule has 0 unspecified atom stereocenters. The van der Waals surface area contributed by atoms with E-state index in [1.54, 1.807) is 29.2 Å². The highest BCUT2D eigenvalue weighted by atomic mass is 16.4. The smallest absolute Gasteiger partial charge is 0.303 e. The first-order chi connectivity index (χ1) is 14.3. The topological polar surface area (TPSA) is 145 Å². The molecule has 1 aromatic carbocycles. The van der Waals surface area contributed by atoms with Gasteiger partial charge in [-0.05, 0) is 37.7 Å². The van der Waals surface area contributed by atoms with Gasteiger partial charge in [0.05, 0.1) is 12.2 Å². The van der Waals surface area contributed by atoms with E-state index in [0.717, 1.165) is 19.5 Å². The molecule has 1 heterocycles. The van der Waals surface area contributed by atoms with Gasteiger partial charge in [-0.2, -0.15) is 0 Å². The number of nitrogens with one attached hydrogen (secondary N) is 1. The lowest BCUT2D eigenvalue weighted by molar-refractivity contribution is -0.137. The maximum Gasteiger partial charge on any atom is 0.303 e. The van der Waals surface area contributed by atoms with Crippen molar-refractivity contribution in [1.82, 2.24) is 15.1 Å². The summed E-state index contributed by atoms with van der Waals surface area (Å²) < 4.78 is 0. The molecule has 10 heteroatoms. The summed E-state index contributed by atoms with van der Waals surface area (Å²) in [7, 11) is 2.03. The van der Waals surface area contributed by atoms with Crippen LogP contribution in [-0.2, 0) is 9.59 Å². The lowest BCUT2D eigenvalue weighted by Gasteiger charge is -2.32. The van der Waals surface area contributed by atoms with Gasteiger partial charge >= 0.3 is 5.97 Å². The number of aliphatic carboxylic acids is 1. The number of carboxylic acid groups (broad SMARTS) is 1. The van der Waals surface area contributed by atoms with Crippen LogP contribution in [0.4, 0.5) is 5.69 Å². The van der Waals surface area contributed by atoms with Crippen molar-refractivity contribution in [3.8, 4) is 0 Å². The lowest BCUT2D eigenvalue weighted by atomic mass is 10.2. The Morgan fingerprint density at radius 1 is 1.17 bits per heavy atom. The molecule has 0 spiro atoms. The SMILES string of the molecule is CCCC(=O)O.CN1CCN(C(=O)CNC(=O)c2ccc(N(N)/C=C\N)cc2)CC1. The van der Waals surface area contributed by atoms with E-state index in [0.29, 0.717) is 30.8 Å². The van der Waals surface area contributed by atoms with Crippen molar-refractivity contribution in [2.24, 2.45) is 11.6 Å². The van der Waals surface area contributed by atoms with Crippen molar-refractivity contribution >= 4 is 23.5 Å². The van der Waals surface area contributed by atoms with Crippen LogP contribution in [-0.4, -0.2) is 72.5 Å². The standard InChI is InChI=1S/C16H24N6O2.C4H8O2/c1-20-8-10-21(11-9-20)15(23)12-19-16(24)13-2-4-14(5-3-13)22(18)7-6-17;1-2-3-4(5)6/h2-7H,8-12,17-18H2,1H3,(H,19,24);2-3H2,1H3,(H,5,6)/b7-6-;. The Labute approximate surface area is 177 Å². The molecular formula is C20H32N6O4. The number of carbonyl (C=O) groups excluding carboxylic acids is 2. The van der Waals surface area contributed by atoms with Crippen LogP contribution in [0.15, 0.2) is 36.7 Å². The van der Waals surface area contributed by atoms with Gasteiger partial charge in [0, 0.05) is 50.6 Å². The average Bonchev–Trinajstić information content (AvgIpc) is 2.73. The molecule has 1 saturated heterocycles. The first-order valence-electron chi connectivity index (χ1n) is 9.77. The first-order valence-corrected chi connectivity index (χ1v) is 9.77. The molecule has 0 bridgehead atoms. The molecule has 2 amide bonds. The Hall–Kier alpha value is -3.11. The summed E-state index contributed by atoms with van der Waals surface area (Å²) in [6, 6.07) is 6.71. The molecule has 1 aliphatic heterocycles. The van der Waals surface area contributed by atoms with Gasteiger partial charge in [-0.15, -0.1) is 0 Å². The number of nitrogens with zero attached hydrogens (tertiary/aromatic N) is 3. The number of nitrogens with two attached hydrogens (primary N) is 2. The monoisotopic (exact) mass is 420 g/mol. The third kappa shape index (κ3) is 8.93. The molecule has 1 aliphatic rings. The highest BCUT2D eigenvalue weighted by molar-refractivity contribution is 5.96. The molecule has 6 N–H and O–H groups in total. The number of rotatable bonds is 7. The Morgan fingerprint density at radius 3 is 2.23 bits per heavy atom. The van der Waals surface area contributed by atoms with E-state index in [4.69, 9.17) is 16.7 Å². The van der Waals surface area contributed by atoms with Crippen molar-refractivity contribution in [2.45, 2.75) is 19.8 Å². The summed E-state index contributed by atoms with van der Waals surface area (Å²) in [6.45, 7) is 4.95. The zero-order valence-corrected chi connectivity index (χ0v) is 17.6. The molecule has 1 fully saturated rings. The van der Waals surface area contributed by atoms with Crippen LogP contribution in [0.1, 0.15) is 30.1 Å². The minimum Gasteiger partial charge on any atom is -0.481 e. The molecule has 0 saturated carbocycles. The molecule has 10 nitrogen and oxygen atoms in total. The maximum atomic E-state index is 12.1. The Bertz CT molecular complexity index is 715. The van der Waals surface area contributed by atoms with E-state index >= 15 is 0 Å². The molecule has 0 aromatic heterocycles. The van der Waals surface area contributed by atoms with Crippen LogP contribution < -0.4 is 21.9 Å². The number of benzene rings is 1. The van der Waals surface area contributed by atoms with Gasteiger partial charge < -0.3 is 26.0 Å². The fourth-order valence-electron chi connectivity index (χ4n) is 2.60. The van der Waals surface area contributed by atoms with Crippen molar-refractivity contribution < 1.29 is 19.5 Å². The predicted molar refractivity (Wildman–Crippen MR) is 115 cm³/mol.